The number of carbonyl (C=O) groups excluding carboxylic acids is 1. The maximum Gasteiger partial charge on any atom is 0.236 e. The fraction of sp³-hybridized carbons (Fsp3) is 0.375. The van der Waals surface area contributed by atoms with Gasteiger partial charge in [-0.2, -0.15) is 10.5 Å². The number of carbonyl (C=O) groups is 1. The minimum absolute atomic E-state index is 0.0353. The van der Waals surface area contributed by atoms with E-state index in [1.165, 1.54) is 0 Å². The summed E-state index contributed by atoms with van der Waals surface area (Å²) in [5.41, 5.74) is 2.13. The van der Waals surface area contributed by atoms with Crippen molar-refractivity contribution in [3.63, 3.8) is 0 Å². The minimum atomic E-state index is -0.142. The van der Waals surface area contributed by atoms with Crippen LogP contribution in [0.5, 0.6) is 0 Å². The maximum absolute atomic E-state index is 13.1. The summed E-state index contributed by atoms with van der Waals surface area (Å²) >= 11 is 0. The molecular formula is C24H28N4O2. The molecular weight excluding hydrogens is 376 g/mol. The monoisotopic (exact) mass is 404 g/mol. The first kappa shape index (κ1) is 23.1. The lowest BCUT2D eigenvalue weighted by molar-refractivity contribution is -0.132. The van der Waals surface area contributed by atoms with E-state index >= 15 is 0 Å². The third-order valence-corrected chi connectivity index (χ3v) is 4.88. The Balaban J connectivity index is 2.33. The highest BCUT2D eigenvalue weighted by molar-refractivity contribution is 5.78. The van der Waals surface area contributed by atoms with Gasteiger partial charge in [-0.15, -0.1) is 0 Å². The molecule has 0 heterocycles. The second-order valence-electron chi connectivity index (χ2n) is 6.97. The SMILES string of the molecule is N#CCCN(CCC#N)C(=O)CN(CCCO)C(c1ccccc1)c1ccccc1. The molecule has 0 aliphatic carbocycles. The van der Waals surface area contributed by atoms with Gasteiger partial charge in [-0.1, -0.05) is 60.7 Å². The molecule has 0 atom stereocenters. The smallest absolute Gasteiger partial charge is 0.236 e. The van der Waals surface area contributed by atoms with E-state index in [4.69, 9.17) is 10.5 Å². The number of hydrogen-bond donors (Lipinski definition) is 1. The highest BCUT2D eigenvalue weighted by Gasteiger charge is 2.26. The van der Waals surface area contributed by atoms with Crippen LogP contribution in [0.1, 0.15) is 36.4 Å². The van der Waals surface area contributed by atoms with Gasteiger partial charge in [0.05, 0.1) is 37.6 Å². The third kappa shape index (κ3) is 7.00. The molecule has 30 heavy (non-hydrogen) atoms. The predicted molar refractivity (Wildman–Crippen MR) is 115 cm³/mol. The zero-order valence-electron chi connectivity index (χ0n) is 17.2. The van der Waals surface area contributed by atoms with Gasteiger partial charge in [-0.05, 0) is 17.5 Å². The third-order valence-electron chi connectivity index (χ3n) is 4.88. The number of hydrogen-bond acceptors (Lipinski definition) is 5. The minimum Gasteiger partial charge on any atom is -0.396 e. The molecule has 6 heteroatoms. The van der Waals surface area contributed by atoms with Crippen molar-refractivity contribution >= 4 is 5.91 Å². The van der Waals surface area contributed by atoms with Crippen molar-refractivity contribution in [3.8, 4) is 12.1 Å². The van der Waals surface area contributed by atoms with Crippen molar-refractivity contribution in [3.05, 3.63) is 71.8 Å². The molecule has 0 spiro atoms. The molecule has 2 rings (SSSR count). The molecule has 6 nitrogen and oxygen atoms in total. The highest BCUT2D eigenvalue weighted by Crippen LogP contribution is 2.28. The average Bonchev–Trinajstić information content (AvgIpc) is 2.79. The Kier molecular flexibility index (Phi) is 10.1. The largest absolute Gasteiger partial charge is 0.396 e. The molecule has 2 aromatic rings. The normalized spacial score (nSPS) is 10.6. The molecule has 0 fully saturated rings. The molecule has 0 radical (unpaired) electrons. The Hall–Kier alpha value is -3.19. The lowest BCUT2D eigenvalue weighted by Crippen LogP contribution is -2.43. The Morgan fingerprint density at radius 2 is 1.37 bits per heavy atom. The van der Waals surface area contributed by atoms with Gasteiger partial charge < -0.3 is 10.0 Å². The number of aliphatic hydroxyl groups is 1. The Morgan fingerprint density at radius 1 is 0.867 bits per heavy atom. The van der Waals surface area contributed by atoms with E-state index < -0.39 is 0 Å². The second-order valence-corrected chi connectivity index (χ2v) is 6.97. The van der Waals surface area contributed by atoms with Crippen LogP contribution < -0.4 is 0 Å². The summed E-state index contributed by atoms with van der Waals surface area (Å²) in [6.45, 7) is 1.35. The average molecular weight is 405 g/mol. The molecule has 2 aromatic carbocycles. The molecule has 0 aliphatic rings. The maximum atomic E-state index is 13.1. The van der Waals surface area contributed by atoms with Crippen LogP contribution >= 0.6 is 0 Å². The van der Waals surface area contributed by atoms with Crippen molar-refractivity contribution in [1.29, 1.82) is 10.5 Å². The molecule has 0 saturated carbocycles. The molecule has 0 saturated heterocycles. The number of nitrogens with zero attached hydrogens (tertiary/aromatic N) is 4. The molecule has 0 unspecified atom stereocenters. The summed E-state index contributed by atoms with van der Waals surface area (Å²) in [4.78, 5) is 16.8. The van der Waals surface area contributed by atoms with Gasteiger partial charge in [0.1, 0.15) is 0 Å². The first-order valence-electron chi connectivity index (χ1n) is 10.2. The van der Waals surface area contributed by atoms with Gasteiger partial charge in [0.25, 0.3) is 0 Å². The summed E-state index contributed by atoms with van der Waals surface area (Å²) in [7, 11) is 0. The molecule has 0 aromatic heterocycles. The van der Waals surface area contributed by atoms with Crippen LogP contribution in [0, 0.1) is 22.7 Å². The molecule has 0 bridgehead atoms. The highest BCUT2D eigenvalue weighted by atomic mass is 16.3. The van der Waals surface area contributed by atoms with E-state index in [1.54, 1.807) is 4.90 Å². The standard InChI is InChI=1S/C24H28N4O2/c25-14-7-16-27(17-8-15-26)23(30)20-28(18-9-19-29)24(21-10-3-1-4-11-21)22-12-5-2-6-13-22/h1-6,10-13,24,29H,7-9,16-20H2. The molecule has 0 aliphatic heterocycles. The van der Waals surface area contributed by atoms with Gasteiger partial charge in [-0.3, -0.25) is 9.69 Å². The van der Waals surface area contributed by atoms with Crippen LogP contribution in [0.15, 0.2) is 60.7 Å². The van der Waals surface area contributed by atoms with Gasteiger partial charge in [-0.25, -0.2) is 0 Å². The summed E-state index contributed by atoms with van der Waals surface area (Å²) in [6.07, 6.45) is 1.00. The number of amides is 1. The van der Waals surface area contributed by atoms with Crippen LogP contribution in [-0.4, -0.2) is 53.6 Å². The molecule has 1 N–H and O–H groups in total. The number of rotatable bonds is 12. The van der Waals surface area contributed by atoms with Crippen molar-refractivity contribution < 1.29 is 9.90 Å². The second kappa shape index (κ2) is 13.1. The van der Waals surface area contributed by atoms with Crippen molar-refractivity contribution in [1.82, 2.24) is 9.80 Å². The van der Waals surface area contributed by atoms with Crippen LogP contribution in [0.4, 0.5) is 0 Å². The van der Waals surface area contributed by atoms with E-state index in [1.807, 2.05) is 60.7 Å². The Bertz CT molecular complexity index is 786. The van der Waals surface area contributed by atoms with Crippen LogP contribution in [0.3, 0.4) is 0 Å². The lowest BCUT2D eigenvalue weighted by atomic mass is 9.96. The van der Waals surface area contributed by atoms with E-state index in [0.29, 0.717) is 26.1 Å². The van der Waals surface area contributed by atoms with E-state index in [2.05, 4.69) is 17.0 Å². The quantitative estimate of drug-likeness (QED) is 0.587. The lowest BCUT2D eigenvalue weighted by Gasteiger charge is -2.34. The fourth-order valence-electron chi connectivity index (χ4n) is 3.46. The number of nitriles is 2. The van der Waals surface area contributed by atoms with E-state index in [9.17, 15) is 9.90 Å². The first-order chi connectivity index (χ1) is 14.7. The zero-order valence-corrected chi connectivity index (χ0v) is 17.2. The van der Waals surface area contributed by atoms with Gasteiger partial charge in [0, 0.05) is 26.2 Å². The summed E-state index contributed by atoms with van der Waals surface area (Å²) in [6, 6.07) is 24.0. The summed E-state index contributed by atoms with van der Waals surface area (Å²) in [5.74, 6) is -0.115. The van der Waals surface area contributed by atoms with Crippen LogP contribution in [0.2, 0.25) is 0 Å². The van der Waals surface area contributed by atoms with E-state index in [0.717, 1.165) is 11.1 Å². The molecule has 156 valence electrons. The van der Waals surface area contributed by atoms with Gasteiger partial charge in [0.2, 0.25) is 5.91 Å². The zero-order chi connectivity index (χ0) is 21.6. The Morgan fingerprint density at radius 3 is 1.80 bits per heavy atom. The van der Waals surface area contributed by atoms with E-state index in [-0.39, 0.29) is 37.9 Å². The van der Waals surface area contributed by atoms with Crippen LogP contribution in [0.25, 0.3) is 0 Å². The van der Waals surface area contributed by atoms with Crippen molar-refractivity contribution in [2.45, 2.75) is 25.3 Å². The fourth-order valence-corrected chi connectivity index (χ4v) is 3.46. The molecule has 1 amide bonds. The number of aliphatic hydroxyl groups excluding tert-OH is 1. The summed E-state index contributed by atoms with van der Waals surface area (Å²) in [5, 5.41) is 27.2. The van der Waals surface area contributed by atoms with Crippen molar-refractivity contribution in [2.75, 3.05) is 32.8 Å². The first-order valence-corrected chi connectivity index (χ1v) is 10.2. The van der Waals surface area contributed by atoms with Gasteiger partial charge in [0.15, 0.2) is 0 Å². The van der Waals surface area contributed by atoms with Crippen molar-refractivity contribution in [2.24, 2.45) is 0 Å². The predicted octanol–water partition coefficient (Wildman–Crippen LogP) is 3.12. The van der Waals surface area contributed by atoms with Gasteiger partial charge >= 0.3 is 0 Å². The Labute approximate surface area is 178 Å². The van der Waals surface area contributed by atoms with Crippen LogP contribution in [-0.2, 0) is 4.79 Å². The summed E-state index contributed by atoms with van der Waals surface area (Å²) < 4.78 is 0. The number of benzene rings is 2. The topological polar surface area (TPSA) is 91.4 Å².